The van der Waals surface area contributed by atoms with E-state index in [9.17, 15) is 0 Å². The van der Waals surface area contributed by atoms with E-state index < -0.39 is 0 Å². The molecule has 1 aliphatic rings. The van der Waals surface area contributed by atoms with Crippen LogP contribution in [0.5, 0.6) is 11.5 Å². The van der Waals surface area contributed by atoms with Gasteiger partial charge in [-0.1, -0.05) is 30.3 Å². The zero-order chi connectivity index (χ0) is 20.2. The molecule has 5 rings (SSSR count). The average Bonchev–Trinajstić information content (AvgIpc) is 3.24. The summed E-state index contributed by atoms with van der Waals surface area (Å²) in [6, 6.07) is 21.8. The smallest absolute Gasteiger partial charge is 0.161 e. The topological polar surface area (TPSA) is 61.2 Å². The molecule has 3 heterocycles. The number of pyridine rings is 1. The van der Waals surface area contributed by atoms with Gasteiger partial charge >= 0.3 is 0 Å². The molecule has 0 saturated heterocycles. The molecular weight excluding hydrogens is 376 g/mol. The van der Waals surface area contributed by atoms with Gasteiger partial charge in [0.15, 0.2) is 11.5 Å². The Morgan fingerprint density at radius 2 is 1.80 bits per heavy atom. The predicted octanol–water partition coefficient (Wildman–Crippen LogP) is 3.86. The van der Waals surface area contributed by atoms with E-state index in [1.165, 1.54) is 0 Å². The highest BCUT2D eigenvalue weighted by Gasteiger charge is 2.20. The summed E-state index contributed by atoms with van der Waals surface area (Å²) in [5.74, 6) is 1.60. The number of aromatic nitrogens is 3. The van der Waals surface area contributed by atoms with Gasteiger partial charge in [0.2, 0.25) is 0 Å². The fourth-order valence-corrected chi connectivity index (χ4v) is 3.53. The molecule has 0 spiro atoms. The highest BCUT2D eigenvalue weighted by Crippen LogP contribution is 2.30. The quantitative estimate of drug-likeness (QED) is 0.534. The standard InChI is InChI=1S/C24H22N4O2/c1-2-8-20(9-3-1)28-16-19(24(27-28)18-7-6-12-25-13-18)14-26-15-21-17-29-22-10-4-5-11-23(22)30-21/h1-13,16,21,26H,14-15,17H2/t21-/m1/s1. The van der Waals surface area contributed by atoms with Gasteiger partial charge in [0.25, 0.3) is 0 Å². The number of hydrogen-bond donors (Lipinski definition) is 1. The fraction of sp³-hybridized carbons (Fsp3) is 0.167. The molecule has 2 aromatic carbocycles. The second-order valence-corrected chi connectivity index (χ2v) is 7.15. The third kappa shape index (κ3) is 3.90. The Kier molecular flexibility index (Phi) is 5.14. The van der Waals surface area contributed by atoms with Crippen molar-refractivity contribution in [2.24, 2.45) is 0 Å². The van der Waals surface area contributed by atoms with Crippen LogP contribution in [-0.2, 0) is 6.54 Å². The maximum Gasteiger partial charge on any atom is 0.161 e. The first-order valence-corrected chi connectivity index (χ1v) is 10.0. The van der Waals surface area contributed by atoms with Crippen LogP contribution in [0.15, 0.2) is 85.3 Å². The van der Waals surface area contributed by atoms with Crippen molar-refractivity contribution in [2.45, 2.75) is 12.6 Å². The van der Waals surface area contributed by atoms with Crippen LogP contribution in [0.25, 0.3) is 16.9 Å². The van der Waals surface area contributed by atoms with Gasteiger partial charge in [-0.3, -0.25) is 4.98 Å². The summed E-state index contributed by atoms with van der Waals surface area (Å²) in [6.07, 6.45) is 5.65. The fourth-order valence-electron chi connectivity index (χ4n) is 3.53. The van der Waals surface area contributed by atoms with Crippen LogP contribution in [0, 0.1) is 0 Å². The Bertz CT molecular complexity index is 1110. The van der Waals surface area contributed by atoms with Gasteiger partial charge in [-0.25, -0.2) is 4.68 Å². The van der Waals surface area contributed by atoms with E-state index in [0.717, 1.165) is 34.0 Å². The predicted molar refractivity (Wildman–Crippen MR) is 115 cm³/mol. The average molecular weight is 398 g/mol. The molecule has 1 atom stereocenters. The van der Waals surface area contributed by atoms with Crippen molar-refractivity contribution >= 4 is 0 Å². The van der Waals surface area contributed by atoms with Crippen molar-refractivity contribution in [3.8, 4) is 28.4 Å². The van der Waals surface area contributed by atoms with Crippen LogP contribution >= 0.6 is 0 Å². The Hall–Kier alpha value is -3.64. The number of fused-ring (bicyclic) bond motifs is 1. The molecule has 0 radical (unpaired) electrons. The monoisotopic (exact) mass is 398 g/mol. The summed E-state index contributed by atoms with van der Waals surface area (Å²) >= 11 is 0. The molecule has 6 nitrogen and oxygen atoms in total. The van der Waals surface area contributed by atoms with E-state index in [2.05, 4.69) is 16.5 Å². The minimum atomic E-state index is -0.0362. The van der Waals surface area contributed by atoms with Gasteiger partial charge in [0, 0.05) is 42.8 Å². The highest BCUT2D eigenvalue weighted by atomic mass is 16.6. The maximum absolute atomic E-state index is 6.04. The SMILES string of the molecule is c1ccc(-n2cc(CNC[C@@H]3COc4ccccc4O3)c(-c3cccnc3)n2)cc1. The van der Waals surface area contributed by atoms with Crippen molar-refractivity contribution < 1.29 is 9.47 Å². The summed E-state index contributed by atoms with van der Waals surface area (Å²) in [7, 11) is 0. The summed E-state index contributed by atoms with van der Waals surface area (Å²) in [5, 5.41) is 8.33. The van der Waals surface area contributed by atoms with Crippen LogP contribution < -0.4 is 14.8 Å². The van der Waals surface area contributed by atoms with Gasteiger partial charge < -0.3 is 14.8 Å². The molecule has 2 aromatic heterocycles. The molecule has 0 bridgehead atoms. The molecule has 1 aliphatic heterocycles. The Morgan fingerprint density at radius 3 is 2.63 bits per heavy atom. The second-order valence-electron chi connectivity index (χ2n) is 7.15. The summed E-state index contributed by atoms with van der Waals surface area (Å²) in [5.41, 5.74) is 4.04. The number of nitrogens with zero attached hydrogens (tertiary/aromatic N) is 3. The lowest BCUT2D eigenvalue weighted by molar-refractivity contribution is 0.0902. The molecule has 0 saturated carbocycles. The van der Waals surface area contributed by atoms with Crippen LogP contribution in [-0.4, -0.2) is 34.0 Å². The van der Waals surface area contributed by atoms with Crippen molar-refractivity contribution in [3.63, 3.8) is 0 Å². The summed E-state index contributed by atoms with van der Waals surface area (Å²) in [6.45, 7) is 1.87. The Morgan fingerprint density at radius 1 is 0.967 bits per heavy atom. The summed E-state index contributed by atoms with van der Waals surface area (Å²) < 4.78 is 13.8. The lowest BCUT2D eigenvalue weighted by Crippen LogP contribution is -2.38. The van der Waals surface area contributed by atoms with E-state index in [4.69, 9.17) is 14.6 Å². The number of para-hydroxylation sites is 3. The van der Waals surface area contributed by atoms with Gasteiger partial charge in [-0.15, -0.1) is 0 Å². The molecule has 30 heavy (non-hydrogen) atoms. The van der Waals surface area contributed by atoms with Crippen LogP contribution in [0.1, 0.15) is 5.56 Å². The summed E-state index contributed by atoms with van der Waals surface area (Å²) in [4.78, 5) is 4.25. The molecule has 0 aliphatic carbocycles. The van der Waals surface area contributed by atoms with Gasteiger partial charge in [0.05, 0.1) is 11.4 Å². The Labute approximate surface area is 175 Å². The number of ether oxygens (including phenoxy) is 2. The first kappa shape index (κ1) is 18.4. The van der Waals surface area contributed by atoms with Gasteiger partial charge in [-0.2, -0.15) is 5.10 Å². The normalized spacial score (nSPS) is 15.1. The van der Waals surface area contributed by atoms with Crippen molar-refractivity contribution in [1.29, 1.82) is 0 Å². The zero-order valence-electron chi connectivity index (χ0n) is 16.4. The van der Waals surface area contributed by atoms with Crippen molar-refractivity contribution in [2.75, 3.05) is 13.2 Å². The minimum absolute atomic E-state index is 0.0362. The van der Waals surface area contributed by atoms with Crippen LogP contribution in [0.4, 0.5) is 0 Å². The van der Waals surface area contributed by atoms with Crippen LogP contribution in [0.2, 0.25) is 0 Å². The van der Waals surface area contributed by atoms with Crippen molar-refractivity contribution in [1.82, 2.24) is 20.1 Å². The van der Waals surface area contributed by atoms with E-state index >= 15 is 0 Å². The van der Waals surface area contributed by atoms with Crippen LogP contribution in [0.3, 0.4) is 0 Å². The molecule has 0 unspecified atom stereocenters. The number of nitrogens with one attached hydrogen (secondary N) is 1. The molecule has 150 valence electrons. The van der Waals surface area contributed by atoms with E-state index in [0.29, 0.717) is 19.7 Å². The lowest BCUT2D eigenvalue weighted by atomic mass is 10.1. The maximum atomic E-state index is 6.04. The molecule has 4 aromatic rings. The van der Waals surface area contributed by atoms with E-state index in [1.54, 1.807) is 6.20 Å². The third-order valence-corrected chi connectivity index (χ3v) is 5.00. The highest BCUT2D eigenvalue weighted by molar-refractivity contribution is 5.62. The van der Waals surface area contributed by atoms with Crippen molar-refractivity contribution in [3.05, 3.63) is 90.9 Å². The third-order valence-electron chi connectivity index (χ3n) is 5.00. The first-order chi connectivity index (χ1) is 14.9. The number of hydrogen-bond acceptors (Lipinski definition) is 5. The number of benzene rings is 2. The second kappa shape index (κ2) is 8.39. The first-order valence-electron chi connectivity index (χ1n) is 10.0. The van der Waals surface area contributed by atoms with Gasteiger partial charge in [-0.05, 0) is 36.4 Å². The van der Waals surface area contributed by atoms with Gasteiger partial charge in [0.1, 0.15) is 12.7 Å². The lowest BCUT2D eigenvalue weighted by Gasteiger charge is -2.26. The largest absolute Gasteiger partial charge is 0.486 e. The van der Waals surface area contributed by atoms with E-state index in [1.807, 2.05) is 77.6 Å². The number of rotatable bonds is 6. The molecule has 0 fully saturated rings. The molecule has 1 N–H and O–H groups in total. The zero-order valence-corrected chi connectivity index (χ0v) is 16.4. The minimum Gasteiger partial charge on any atom is -0.486 e. The van der Waals surface area contributed by atoms with E-state index in [-0.39, 0.29) is 6.10 Å². The molecule has 0 amide bonds. The molecule has 6 heteroatoms. The Balaban J connectivity index is 1.32. The molecular formula is C24H22N4O2.